The Morgan fingerprint density at radius 1 is 1.30 bits per heavy atom. The number of hydrogen-bond donors (Lipinski definition) is 1. The predicted octanol–water partition coefficient (Wildman–Crippen LogP) is 4.52. The van der Waals surface area contributed by atoms with Gasteiger partial charge in [0.2, 0.25) is 0 Å². The van der Waals surface area contributed by atoms with Crippen LogP contribution in [-0.2, 0) is 13.5 Å². The molecule has 138 valence electrons. The maximum Gasteiger partial charge on any atom is 0.270 e. The average molecular weight is 421 g/mol. The third kappa shape index (κ3) is 3.73. The Morgan fingerprint density at radius 3 is 2.93 bits per heavy atom. The highest BCUT2D eigenvalue weighted by molar-refractivity contribution is 7.23. The van der Waals surface area contributed by atoms with Gasteiger partial charge in [-0.15, -0.1) is 22.7 Å². The van der Waals surface area contributed by atoms with E-state index in [0.717, 1.165) is 26.7 Å². The first-order valence-corrected chi connectivity index (χ1v) is 10.2. The van der Waals surface area contributed by atoms with Crippen LogP contribution in [0.25, 0.3) is 20.9 Å². The number of imidazole rings is 1. The molecule has 0 bridgehead atoms. The maximum atomic E-state index is 13.4. The van der Waals surface area contributed by atoms with E-state index in [4.69, 9.17) is 11.6 Å². The van der Waals surface area contributed by atoms with Gasteiger partial charge in [-0.2, -0.15) is 0 Å². The van der Waals surface area contributed by atoms with Crippen LogP contribution in [0.5, 0.6) is 0 Å². The van der Waals surface area contributed by atoms with Crippen molar-refractivity contribution in [1.82, 2.24) is 19.9 Å². The van der Waals surface area contributed by atoms with E-state index in [-0.39, 0.29) is 11.7 Å². The molecule has 3 heterocycles. The van der Waals surface area contributed by atoms with Crippen molar-refractivity contribution >= 4 is 51.2 Å². The van der Waals surface area contributed by atoms with Gasteiger partial charge in [-0.3, -0.25) is 4.79 Å². The number of carbonyl (C=O) groups excluding carboxylic acids is 1. The van der Waals surface area contributed by atoms with Gasteiger partial charge in [0.05, 0.1) is 20.2 Å². The van der Waals surface area contributed by atoms with E-state index in [1.165, 1.54) is 34.8 Å². The first-order chi connectivity index (χ1) is 13.0. The van der Waals surface area contributed by atoms with Crippen LogP contribution < -0.4 is 5.32 Å². The number of nitrogens with one attached hydrogen (secondary N) is 1. The van der Waals surface area contributed by atoms with Crippen molar-refractivity contribution < 1.29 is 9.18 Å². The summed E-state index contributed by atoms with van der Waals surface area (Å²) in [5.74, 6) is 0.254. The third-order valence-electron chi connectivity index (χ3n) is 4.09. The second-order valence-corrected chi connectivity index (χ2v) is 8.44. The van der Waals surface area contributed by atoms with Crippen LogP contribution in [0.4, 0.5) is 4.39 Å². The lowest BCUT2D eigenvalue weighted by molar-refractivity contribution is 0.0949. The molecular weight excluding hydrogens is 407 g/mol. The van der Waals surface area contributed by atoms with Crippen molar-refractivity contribution in [3.8, 4) is 9.88 Å². The minimum Gasteiger partial charge on any atom is -0.350 e. The summed E-state index contributed by atoms with van der Waals surface area (Å²) in [5.41, 5.74) is 1.85. The standard InChI is InChI=1S/C18H14ClFN4OS2/c1-24-13-8-10(20)2-3-11(13)22-16(24)6-7-21-17(25)12-9-26-18(23-12)14-4-5-15(19)27-14/h2-5,8-9H,6-7H2,1H3,(H,21,25). The number of amides is 1. The maximum absolute atomic E-state index is 13.4. The summed E-state index contributed by atoms with van der Waals surface area (Å²) < 4.78 is 15.9. The highest BCUT2D eigenvalue weighted by atomic mass is 35.5. The summed E-state index contributed by atoms with van der Waals surface area (Å²) in [4.78, 5) is 22.1. The van der Waals surface area contributed by atoms with Crippen LogP contribution in [-0.4, -0.2) is 27.0 Å². The Morgan fingerprint density at radius 2 is 2.15 bits per heavy atom. The molecule has 5 nitrogen and oxygen atoms in total. The summed E-state index contributed by atoms with van der Waals surface area (Å²) in [6.07, 6.45) is 0.538. The molecule has 0 radical (unpaired) electrons. The first-order valence-electron chi connectivity index (χ1n) is 8.11. The highest BCUT2D eigenvalue weighted by Crippen LogP contribution is 2.32. The van der Waals surface area contributed by atoms with Gasteiger partial charge in [0.25, 0.3) is 5.91 Å². The molecule has 27 heavy (non-hydrogen) atoms. The van der Waals surface area contributed by atoms with E-state index in [1.54, 1.807) is 11.4 Å². The number of thiophene rings is 1. The Balaban J connectivity index is 1.40. The fraction of sp³-hybridized carbons (Fsp3) is 0.167. The second-order valence-electron chi connectivity index (χ2n) is 5.87. The Kier molecular flexibility index (Phi) is 4.94. The van der Waals surface area contributed by atoms with Gasteiger partial charge < -0.3 is 9.88 Å². The van der Waals surface area contributed by atoms with E-state index >= 15 is 0 Å². The molecule has 0 unspecified atom stereocenters. The summed E-state index contributed by atoms with van der Waals surface area (Å²) in [6, 6.07) is 8.20. The Bertz CT molecular complexity index is 1130. The molecule has 0 saturated carbocycles. The molecule has 1 N–H and O–H groups in total. The number of aromatic nitrogens is 3. The van der Waals surface area contributed by atoms with E-state index in [1.807, 2.05) is 23.7 Å². The van der Waals surface area contributed by atoms with Gasteiger partial charge in [-0.25, -0.2) is 14.4 Å². The number of fused-ring (bicyclic) bond motifs is 1. The summed E-state index contributed by atoms with van der Waals surface area (Å²) in [6.45, 7) is 0.413. The van der Waals surface area contributed by atoms with Crippen molar-refractivity contribution in [2.24, 2.45) is 7.05 Å². The number of benzene rings is 1. The predicted molar refractivity (Wildman–Crippen MR) is 107 cm³/mol. The van der Waals surface area contributed by atoms with E-state index in [2.05, 4.69) is 15.3 Å². The van der Waals surface area contributed by atoms with Crippen LogP contribution in [0.15, 0.2) is 35.7 Å². The molecular formula is C18H14ClFN4OS2. The van der Waals surface area contributed by atoms with Crippen molar-refractivity contribution in [2.45, 2.75) is 6.42 Å². The molecule has 4 rings (SSSR count). The normalized spacial score (nSPS) is 11.2. The molecule has 9 heteroatoms. The molecule has 0 spiro atoms. The molecule has 4 aromatic rings. The molecule has 1 aromatic carbocycles. The van der Waals surface area contributed by atoms with Crippen molar-refractivity contribution in [3.05, 3.63) is 57.4 Å². The summed E-state index contributed by atoms with van der Waals surface area (Å²) >= 11 is 8.78. The summed E-state index contributed by atoms with van der Waals surface area (Å²) in [7, 11) is 1.84. The lowest BCUT2D eigenvalue weighted by Gasteiger charge is -2.04. The largest absolute Gasteiger partial charge is 0.350 e. The molecule has 0 aliphatic heterocycles. The number of carbonyl (C=O) groups is 1. The average Bonchev–Trinajstić information content (AvgIpc) is 3.35. The zero-order valence-corrected chi connectivity index (χ0v) is 16.6. The third-order valence-corrected chi connectivity index (χ3v) is 6.33. The lowest BCUT2D eigenvalue weighted by Crippen LogP contribution is -2.26. The zero-order chi connectivity index (χ0) is 19.0. The second kappa shape index (κ2) is 7.38. The van der Waals surface area contributed by atoms with E-state index in [9.17, 15) is 9.18 Å². The monoisotopic (exact) mass is 420 g/mol. The first kappa shape index (κ1) is 18.1. The van der Waals surface area contributed by atoms with Gasteiger partial charge in [0, 0.05) is 25.4 Å². The van der Waals surface area contributed by atoms with Gasteiger partial charge in [-0.1, -0.05) is 11.6 Å². The fourth-order valence-electron chi connectivity index (χ4n) is 2.74. The quantitative estimate of drug-likeness (QED) is 0.516. The van der Waals surface area contributed by atoms with Crippen molar-refractivity contribution in [1.29, 1.82) is 0 Å². The number of thiazole rings is 1. The number of rotatable bonds is 5. The van der Waals surface area contributed by atoms with Crippen LogP contribution >= 0.6 is 34.3 Å². The lowest BCUT2D eigenvalue weighted by atomic mass is 10.3. The molecule has 3 aromatic heterocycles. The van der Waals surface area contributed by atoms with E-state index in [0.29, 0.717) is 23.0 Å². The Labute approximate surface area is 167 Å². The van der Waals surface area contributed by atoms with Crippen molar-refractivity contribution in [2.75, 3.05) is 6.54 Å². The van der Waals surface area contributed by atoms with Crippen LogP contribution in [0, 0.1) is 5.82 Å². The molecule has 0 saturated heterocycles. The van der Waals surface area contributed by atoms with Crippen LogP contribution in [0.1, 0.15) is 16.3 Å². The van der Waals surface area contributed by atoms with Crippen molar-refractivity contribution in [3.63, 3.8) is 0 Å². The van der Waals surface area contributed by atoms with Gasteiger partial charge in [-0.05, 0) is 30.3 Å². The van der Waals surface area contributed by atoms with Crippen LogP contribution in [0.3, 0.4) is 0 Å². The van der Waals surface area contributed by atoms with E-state index < -0.39 is 0 Å². The van der Waals surface area contributed by atoms with Gasteiger partial charge in [0.15, 0.2) is 0 Å². The SMILES string of the molecule is Cn1c(CCNC(=O)c2csc(-c3ccc(Cl)s3)n2)nc2ccc(F)cc21. The van der Waals surface area contributed by atoms with Gasteiger partial charge in [0.1, 0.15) is 22.3 Å². The fourth-order valence-corrected chi connectivity index (χ4v) is 4.65. The zero-order valence-electron chi connectivity index (χ0n) is 14.2. The molecule has 0 aliphatic rings. The number of nitrogens with zero attached hydrogens (tertiary/aromatic N) is 3. The minimum absolute atomic E-state index is 0.232. The highest BCUT2D eigenvalue weighted by Gasteiger charge is 2.14. The van der Waals surface area contributed by atoms with Crippen LogP contribution in [0.2, 0.25) is 4.34 Å². The molecule has 0 atom stereocenters. The molecule has 0 aliphatic carbocycles. The summed E-state index contributed by atoms with van der Waals surface area (Å²) in [5, 5.41) is 5.36. The minimum atomic E-state index is -0.295. The topological polar surface area (TPSA) is 59.8 Å². The number of aryl methyl sites for hydroxylation is 1. The smallest absolute Gasteiger partial charge is 0.270 e. The Hall–Kier alpha value is -2.29. The molecule has 0 fully saturated rings. The number of hydrogen-bond acceptors (Lipinski definition) is 5. The molecule has 1 amide bonds. The number of halogens is 2. The van der Waals surface area contributed by atoms with Gasteiger partial charge >= 0.3 is 0 Å².